The van der Waals surface area contributed by atoms with Crippen molar-refractivity contribution < 1.29 is 28.7 Å². The van der Waals surface area contributed by atoms with Gasteiger partial charge in [0, 0.05) is 5.69 Å². The van der Waals surface area contributed by atoms with E-state index in [0.29, 0.717) is 11.4 Å². The number of hydrogen-bond acceptors (Lipinski definition) is 7. The maximum atomic E-state index is 13.2. The van der Waals surface area contributed by atoms with Crippen LogP contribution in [0.15, 0.2) is 102 Å². The first-order valence-corrected chi connectivity index (χ1v) is 12.4. The lowest BCUT2D eigenvalue weighted by molar-refractivity contribution is -0.120. The number of halogens is 1. The Labute approximate surface area is 228 Å². The number of anilines is 2. The highest BCUT2D eigenvalue weighted by Crippen LogP contribution is 2.32. The van der Waals surface area contributed by atoms with Crippen LogP contribution in [0, 0.1) is 0 Å². The fourth-order valence-electron chi connectivity index (χ4n) is 4.11. The quantitative estimate of drug-likeness (QED) is 0.183. The molecule has 4 aromatic rings. The summed E-state index contributed by atoms with van der Waals surface area (Å²) in [6.07, 6.45) is 0. The first-order valence-electron chi connectivity index (χ1n) is 12.0. The number of rotatable bonds is 7. The standard InChI is InChI=1S/C30H21ClN2O6/c1-2-38-30(37)23-9-5-6-10-24(23)33-27(34)25(31)26(28(33)35)32-21-14-11-19(12-15-21)29(36)39-22-16-13-18-7-3-4-8-20(18)17-22/h3-17,32H,2H2,1H3. The summed E-state index contributed by atoms with van der Waals surface area (Å²) < 4.78 is 10.6. The number of fused-ring (bicyclic) bond motifs is 1. The number of benzene rings is 4. The second-order valence-electron chi connectivity index (χ2n) is 8.47. The summed E-state index contributed by atoms with van der Waals surface area (Å²) in [6.45, 7) is 1.79. The predicted molar refractivity (Wildman–Crippen MR) is 147 cm³/mol. The Morgan fingerprint density at radius 1 is 0.821 bits per heavy atom. The van der Waals surface area contributed by atoms with Gasteiger partial charge in [-0.25, -0.2) is 14.5 Å². The van der Waals surface area contributed by atoms with Gasteiger partial charge in [-0.1, -0.05) is 54.1 Å². The number of nitrogens with zero attached hydrogens (tertiary/aromatic N) is 1. The fourth-order valence-corrected chi connectivity index (χ4v) is 4.32. The van der Waals surface area contributed by atoms with E-state index in [2.05, 4.69) is 5.32 Å². The molecular weight excluding hydrogens is 520 g/mol. The van der Waals surface area contributed by atoms with Gasteiger partial charge in [0.2, 0.25) is 0 Å². The zero-order valence-electron chi connectivity index (χ0n) is 20.6. The van der Waals surface area contributed by atoms with Crippen molar-refractivity contribution in [3.05, 3.63) is 113 Å². The van der Waals surface area contributed by atoms with E-state index in [0.717, 1.165) is 15.7 Å². The first-order chi connectivity index (χ1) is 18.9. The number of nitrogens with one attached hydrogen (secondary N) is 1. The molecule has 0 aromatic heterocycles. The third kappa shape index (κ3) is 5.10. The lowest BCUT2D eigenvalue weighted by atomic mass is 10.1. The van der Waals surface area contributed by atoms with E-state index in [-0.39, 0.29) is 34.2 Å². The summed E-state index contributed by atoms with van der Waals surface area (Å²) in [6, 6.07) is 25.4. The zero-order valence-corrected chi connectivity index (χ0v) is 21.4. The van der Waals surface area contributed by atoms with E-state index in [1.54, 1.807) is 43.3 Å². The SMILES string of the molecule is CCOC(=O)c1ccccc1N1C(=O)C(Cl)=C(Nc2ccc(C(=O)Oc3ccc4ccccc4c3)cc2)C1=O. The Kier molecular flexibility index (Phi) is 7.12. The third-order valence-electron chi connectivity index (χ3n) is 5.99. The number of carbonyl (C=O) groups is 4. The van der Waals surface area contributed by atoms with Crippen molar-refractivity contribution >= 4 is 57.5 Å². The molecule has 1 N–H and O–H groups in total. The van der Waals surface area contributed by atoms with E-state index in [1.807, 2.05) is 30.3 Å². The number of esters is 2. The van der Waals surface area contributed by atoms with Crippen molar-refractivity contribution in [2.24, 2.45) is 0 Å². The minimum atomic E-state index is -0.781. The lowest BCUT2D eigenvalue weighted by Crippen LogP contribution is -2.33. The summed E-state index contributed by atoms with van der Waals surface area (Å²) in [5, 5.41) is 4.49. The smallest absolute Gasteiger partial charge is 0.343 e. The molecule has 0 spiro atoms. The fraction of sp³-hybridized carbons (Fsp3) is 0.0667. The van der Waals surface area contributed by atoms with Crippen LogP contribution in [-0.2, 0) is 14.3 Å². The van der Waals surface area contributed by atoms with E-state index in [1.165, 1.54) is 24.3 Å². The van der Waals surface area contributed by atoms with Gasteiger partial charge in [-0.2, -0.15) is 0 Å². The minimum Gasteiger partial charge on any atom is -0.462 e. The molecule has 0 saturated heterocycles. The van der Waals surface area contributed by atoms with Crippen LogP contribution in [0.2, 0.25) is 0 Å². The lowest BCUT2D eigenvalue weighted by Gasteiger charge is -2.18. The zero-order chi connectivity index (χ0) is 27.5. The molecule has 1 aliphatic heterocycles. The molecule has 0 aliphatic carbocycles. The maximum absolute atomic E-state index is 13.2. The molecule has 0 saturated carbocycles. The van der Waals surface area contributed by atoms with Crippen molar-refractivity contribution in [3.63, 3.8) is 0 Å². The molecule has 1 aliphatic rings. The molecular formula is C30H21ClN2O6. The van der Waals surface area contributed by atoms with Gasteiger partial charge in [0.05, 0.1) is 23.4 Å². The number of para-hydroxylation sites is 1. The number of ether oxygens (including phenoxy) is 2. The number of carbonyl (C=O) groups excluding carboxylic acids is 4. The average molecular weight is 541 g/mol. The molecule has 0 fully saturated rings. The molecule has 39 heavy (non-hydrogen) atoms. The monoisotopic (exact) mass is 540 g/mol. The van der Waals surface area contributed by atoms with Gasteiger partial charge in [0.1, 0.15) is 16.5 Å². The highest BCUT2D eigenvalue weighted by atomic mass is 35.5. The molecule has 0 bridgehead atoms. The van der Waals surface area contributed by atoms with Crippen molar-refractivity contribution in [1.29, 1.82) is 0 Å². The summed E-state index contributed by atoms with van der Waals surface area (Å²) in [5.41, 5.74) is 0.653. The highest BCUT2D eigenvalue weighted by molar-refractivity contribution is 6.53. The summed E-state index contributed by atoms with van der Waals surface area (Å²) in [5.74, 6) is -2.32. The van der Waals surface area contributed by atoms with Crippen LogP contribution in [0.1, 0.15) is 27.6 Å². The van der Waals surface area contributed by atoms with Gasteiger partial charge in [-0.3, -0.25) is 9.59 Å². The molecule has 4 aromatic carbocycles. The summed E-state index contributed by atoms with van der Waals surface area (Å²) in [4.78, 5) is 52.0. The van der Waals surface area contributed by atoms with Crippen LogP contribution in [0.5, 0.6) is 5.75 Å². The van der Waals surface area contributed by atoms with Crippen molar-refractivity contribution in [3.8, 4) is 5.75 Å². The van der Waals surface area contributed by atoms with Crippen molar-refractivity contribution in [2.45, 2.75) is 6.92 Å². The van der Waals surface area contributed by atoms with Crippen LogP contribution in [-0.4, -0.2) is 30.4 Å². The van der Waals surface area contributed by atoms with E-state index < -0.39 is 23.8 Å². The summed E-state index contributed by atoms with van der Waals surface area (Å²) in [7, 11) is 0. The van der Waals surface area contributed by atoms with Crippen LogP contribution in [0.4, 0.5) is 11.4 Å². The molecule has 8 nitrogen and oxygen atoms in total. The van der Waals surface area contributed by atoms with Gasteiger partial charge in [0.25, 0.3) is 11.8 Å². The van der Waals surface area contributed by atoms with Gasteiger partial charge in [-0.15, -0.1) is 0 Å². The molecule has 5 rings (SSSR count). The van der Waals surface area contributed by atoms with Crippen LogP contribution < -0.4 is 15.0 Å². The van der Waals surface area contributed by atoms with Crippen LogP contribution in [0.25, 0.3) is 10.8 Å². The number of hydrogen-bond donors (Lipinski definition) is 1. The topological polar surface area (TPSA) is 102 Å². The third-order valence-corrected chi connectivity index (χ3v) is 6.34. The Hall–Kier alpha value is -4.95. The molecule has 0 unspecified atom stereocenters. The second-order valence-corrected chi connectivity index (χ2v) is 8.85. The van der Waals surface area contributed by atoms with Gasteiger partial charge >= 0.3 is 11.9 Å². The Morgan fingerprint density at radius 3 is 2.26 bits per heavy atom. The molecule has 1 heterocycles. The van der Waals surface area contributed by atoms with Crippen molar-refractivity contribution in [1.82, 2.24) is 0 Å². The molecule has 0 atom stereocenters. The largest absolute Gasteiger partial charge is 0.462 e. The molecule has 194 valence electrons. The number of amides is 2. The molecule has 9 heteroatoms. The average Bonchev–Trinajstić information content (AvgIpc) is 3.16. The van der Waals surface area contributed by atoms with E-state index in [4.69, 9.17) is 21.1 Å². The van der Waals surface area contributed by atoms with E-state index in [9.17, 15) is 19.2 Å². The Morgan fingerprint density at radius 2 is 1.51 bits per heavy atom. The van der Waals surface area contributed by atoms with Gasteiger partial charge in [-0.05, 0) is 66.2 Å². The number of imide groups is 1. The maximum Gasteiger partial charge on any atom is 0.343 e. The van der Waals surface area contributed by atoms with Gasteiger partial charge < -0.3 is 14.8 Å². The Bertz CT molecular complexity index is 1660. The molecule has 0 radical (unpaired) electrons. The first kappa shape index (κ1) is 25.7. The molecule has 2 amide bonds. The van der Waals surface area contributed by atoms with Gasteiger partial charge in [0.15, 0.2) is 0 Å². The second kappa shape index (κ2) is 10.8. The summed E-state index contributed by atoms with van der Waals surface area (Å²) >= 11 is 6.24. The van der Waals surface area contributed by atoms with Crippen LogP contribution in [0.3, 0.4) is 0 Å². The highest BCUT2D eigenvalue weighted by Gasteiger charge is 2.40. The minimum absolute atomic E-state index is 0.0565. The van der Waals surface area contributed by atoms with Crippen molar-refractivity contribution in [2.75, 3.05) is 16.8 Å². The Balaban J connectivity index is 1.31. The van der Waals surface area contributed by atoms with Crippen LogP contribution >= 0.6 is 11.6 Å². The van der Waals surface area contributed by atoms with E-state index >= 15 is 0 Å². The predicted octanol–water partition coefficient (Wildman–Crippen LogP) is 5.67. The normalized spacial score (nSPS) is 13.1.